The minimum Gasteiger partial charge on any atom is -0.393 e. The van der Waals surface area contributed by atoms with Gasteiger partial charge in [0, 0.05) is 25.0 Å². The number of hydrogen-bond acceptors (Lipinski definition) is 4. The van der Waals surface area contributed by atoms with Crippen molar-refractivity contribution in [1.82, 2.24) is 10.3 Å². The molecule has 1 saturated carbocycles. The van der Waals surface area contributed by atoms with Crippen LogP contribution < -0.4 is 10.6 Å². The summed E-state index contributed by atoms with van der Waals surface area (Å²) in [6.45, 7) is 0.909. The van der Waals surface area contributed by atoms with Gasteiger partial charge in [-0.3, -0.25) is 9.78 Å². The Morgan fingerprint density at radius 1 is 1.27 bits per heavy atom. The maximum Gasteiger partial charge on any atom is 0.253 e. The minimum atomic E-state index is -0.233. The maximum absolute atomic E-state index is 13.0. The summed E-state index contributed by atoms with van der Waals surface area (Å²) >= 11 is 0. The first-order valence-corrected chi connectivity index (χ1v) is 9.44. The van der Waals surface area contributed by atoms with Gasteiger partial charge in [-0.2, -0.15) is 0 Å². The Bertz CT molecular complexity index is 772. The number of aryl methyl sites for hydroxylation is 1. The van der Waals surface area contributed by atoms with E-state index >= 15 is 0 Å². The van der Waals surface area contributed by atoms with Crippen molar-refractivity contribution in [3.8, 4) is 0 Å². The Hall–Kier alpha value is -2.40. The first kappa shape index (κ1) is 17.0. The molecule has 1 fully saturated rings. The molecule has 1 atom stereocenters. The molecule has 1 aliphatic heterocycles. The number of amides is 1. The number of benzene rings is 1. The zero-order chi connectivity index (χ0) is 17.9. The molecule has 2 aromatic rings. The summed E-state index contributed by atoms with van der Waals surface area (Å²) in [5.41, 5.74) is 4.07. The molecule has 0 saturated heterocycles. The van der Waals surface area contributed by atoms with Gasteiger partial charge in [0.15, 0.2) is 0 Å². The van der Waals surface area contributed by atoms with Crippen LogP contribution in [-0.4, -0.2) is 34.7 Å². The van der Waals surface area contributed by atoms with Gasteiger partial charge in [0.1, 0.15) is 0 Å². The molecule has 5 heteroatoms. The number of nitrogens with zero attached hydrogens (tertiary/aromatic N) is 1. The van der Waals surface area contributed by atoms with E-state index in [0.29, 0.717) is 5.92 Å². The van der Waals surface area contributed by atoms with E-state index in [0.717, 1.165) is 55.5 Å². The van der Waals surface area contributed by atoms with Crippen LogP contribution in [-0.2, 0) is 12.8 Å². The van der Waals surface area contributed by atoms with Crippen molar-refractivity contribution in [2.75, 3.05) is 11.9 Å². The van der Waals surface area contributed by atoms with E-state index in [1.165, 1.54) is 5.56 Å². The van der Waals surface area contributed by atoms with Gasteiger partial charge in [-0.15, -0.1) is 0 Å². The van der Waals surface area contributed by atoms with Crippen molar-refractivity contribution in [2.24, 2.45) is 5.92 Å². The third kappa shape index (κ3) is 3.58. The number of pyridine rings is 1. The first-order chi connectivity index (χ1) is 12.7. The quantitative estimate of drug-likeness (QED) is 0.774. The summed E-state index contributed by atoms with van der Waals surface area (Å²) < 4.78 is 0. The van der Waals surface area contributed by atoms with Crippen LogP contribution in [0.3, 0.4) is 0 Å². The fourth-order valence-electron chi connectivity index (χ4n) is 4.01. The molecule has 0 unspecified atom stereocenters. The van der Waals surface area contributed by atoms with E-state index in [2.05, 4.69) is 21.7 Å². The molecule has 4 rings (SSSR count). The molecule has 5 nitrogen and oxygen atoms in total. The second-order valence-electron chi connectivity index (χ2n) is 7.39. The minimum absolute atomic E-state index is 0.0211. The van der Waals surface area contributed by atoms with Gasteiger partial charge in [-0.25, -0.2) is 0 Å². The number of aromatic nitrogens is 1. The molecule has 0 bridgehead atoms. The lowest BCUT2D eigenvalue weighted by molar-refractivity contribution is 0.0239. The molecule has 1 amide bonds. The van der Waals surface area contributed by atoms with E-state index < -0.39 is 0 Å². The number of hydrogen-bond donors (Lipinski definition) is 3. The van der Waals surface area contributed by atoms with Crippen molar-refractivity contribution >= 4 is 11.6 Å². The van der Waals surface area contributed by atoms with Gasteiger partial charge in [0.25, 0.3) is 5.91 Å². The average molecular weight is 351 g/mol. The first-order valence-electron chi connectivity index (χ1n) is 9.44. The zero-order valence-corrected chi connectivity index (χ0v) is 14.8. The molecule has 1 aromatic carbocycles. The van der Waals surface area contributed by atoms with Crippen LogP contribution in [0.15, 0.2) is 42.7 Å². The number of carbonyl (C=O) groups excluding carboxylic acids is 1. The Labute approximate surface area is 153 Å². The van der Waals surface area contributed by atoms with Crippen LogP contribution in [0.5, 0.6) is 0 Å². The van der Waals surface area contributed by atoms with Crippen LogP contribution >= 0.6 is 0 Å². The van der Waals surface area contributed by atoms with E-state index in [4.69, 9.17) is 0 Å². The summed E-state index contributed by atoms with van der Waals surface area (Å²) in [6.07, 6.45) is 7.70. The van der Waals surface area contributed by atoms with Crippen LogP contribution in [0.1, 0.15) is 40.7 Å². The van der Waals surface area contributed by atoms with Gasteiger partial charge >= 0.3 is 0 Å². The molecule has 2 heterocycles. The second-order valence-corrected chi connectivity index (χ2v) is 7.39. The lowest BCUT2D eigenvalue weighted by Gasteiger charge is -2.38. The maximum atomic E-state index is 13.0. The van der Waals surface area contributed by atoms with E-state index in [9.17, 15) is 9.90 Å². The molecule has 0 radical (unpaired) electrons. The third-order valence-corrected chi connectivity index (χ3v) is 5.56. The number of rotatable bonds is 5. The predicted octanol–water partition coefficient (Wildman–Crippen LogP) is 2.55. The van der Waals surface area contributed by atoms with Crippen molar-refractivity contribution in [1.29, 1.82) is 0 Å². The number of aliphatic hydroxyl groups excluding tert-OH is 1. The van der Waals surface area contributed by atoms with Crippen LogP contribution in [0.4, 0.5) is 5.69 Å². The lowest BCUT2D eigenvalue weighted by atomic mass is 9.75. The number of anilines is 1. The zero-order valence-electron chi connectivity index (χ0n) is 14.8. The number of fused-ring (bicyclic) bond motifs is 1. The Kier molecular flexibility index (Phi) is 4.89. The predicted molar refractivity (Wildman–Crippen MR) is 101 cm³/mol. The fourth-order valence-corrected chi connectivity index (χ4v) is 4.01. The third-order valence-electron chi connectivity index (χ3n) is 5.56. The van der Waals surface area contributed by atoms with Crippen molar-refractivity contribution in [2.45, 2.75) is 44.2 Å². The van der Waals surface area contributed by atoms with Gasteiger partial charge < -0.3 is 15.7 Å². The summed E-state index contributed by atoms with van der Waals surface area (Å²) in [5, 5.41) is 16.3. The highest BCUT2D eigenvalue weighted by molar-refractivity contribution is 6.00. The number of para-hydroxylation sites is 1. The van der Waals surface area contributed by atoms with Gasteiger partial charge in [-0.05, 0) is 67.3 Å². The van der Waals surface area contributed by atoms with Gasteiger partial charge in [0.2, 0.25) is 0 Å². The van der Waals surface area contributed by atoms with Crippen LogP contribution in [0.25, 0.3) is 0 Å². The lowest BCUT2D eigenvalue weighted by Crippen LogP contribution is -2.48. The highest BCUT2D eigenvalue weighted by Gasteiger charge is 2.35. The Morgan fingerprint density at radius 2 is 2.08 bits per heavy atom. The molecule has 2 aliphatic rings. The Balaban J connectivity index is 1.53. The topological polar surface area (TPSA) is 74.2 Å². The molecule has 3 N–H and O–H groups in total. The molecule has 1 aliphatic carbocycles. The SMILES string of the molecule is O=C(N[C@@H](Cc1ccncc1)C1CC(O)C1)c1cccc2c1NCCC2. The number of carbonyl (C=O) groups is 1. The van der Waals surface area contributed by atoms with E-state index in [1.54, 1.807) is 12.4 Å². The van der Waals surface area contributed by atoms with E-state index in [-0.39, 0.29) is 18.1 Å². The summed E-state index contributed by atoms with van der Waals surface area (Å²) in [7, 11) is 0. The van der Waals surface area contributed by atoms with Crippen molar-refractivity contribution in [3.05, 3.63) is 59.4 Å². The standard InChI is InChI=1S/C21H25N3O2/c25-17-12-16(13-17)19(11-14-6-9-22-10-7-14)24-21(26)18-5-1-3-15-4-2-8-23-20(15)18/h1,3,5-7,9-10,16-17,19,23,25H,2,4,8,11-13H2,(H,24,26)/t16?,17?,19-/m0/s1. The number of nitrogens with one attached hydrogen (secondary N) is 2. The Morgan fingerprint density at radius 3 is 2.85 bits per heavy atom. The fraction of sp³-hybridized carbons (Fsp3) is 0.429. The van der Waals surface area contributed by atoms with Gasteiger partial charge in [0.05, 0.1) is 17.4 Å². The molecule has 136 valence electrons. The summed E-state index contributed by atoms with van der Waals surface area (Å²) in [6, 6.07) is 9.94. The summed E-state index contributed by atoms with van der Waals surface area (Å²) in [5.74, 6) is 0.284. The highest BCUT2D eigenvalue weighted by Crippen LogP contribution is 2.32. The normalized spacial score (nSPS) is 22.5. The smallest absolute Gasteiger partial charge is 0.253 e. The average Bonchev–Trinajstić information content (AvgIpc) is 2.65. The number of aliphatic hydroxyl groups is 1. The van der Waals surface area contributed by atoms with Crippen LogP contribution in [0.2, 0.25) is 0 Å². The van der Waals surface area contributed by atoms with Crippen molar-refractivity contribution < 1.29 is 9.90 Å². The highest BCUT2D eigenvalue weighted by atomic mass is 16.3. The van der Waals surface area contributed by atoms with Crippen LogP contribution in [0, 0.1) is 5.92 Å². The second kappa shape index (κ2) is 7.46. The summed E-state index contributed by atoms with van der Waals surface area (Å²) in [4.78, 5) is 17.1. The molecule has 26 heavy (non-hydrogen) atoms. The molecule has 1 aromatic heterocycles. The van der Waals surface area contributed by atoms with E-state index in [1.807, 2.05) is 24.3 Å². The molecular formula is C21H25N3O2. The largest absolute Gasteiger partial charge is 0.393 e. The monoisotopic (exact) mass is 351 g/mol. The van der Waals surface area contributed by atoms with Crippen molar-refractivity contribution in [3.63, 3.8) is 0 Å². The van der Waals surface area contributed by atoms with Gasteiger partial charge in [-0.1, -0.05) is 12.1 Å². The molecule has 0 spiro atoms. The molecular weight excluding hydrogens is 326 g/mol.